The zero-order valence-corrected chi connectivity index (χ0v) is 18.2. The van der Waals surface area contributed by atoms with E-state index < -0.39 is 15.0 Å². The predicted molar refractivity (Wildman–Crippen MR) is 106 cm³/mol. The van der Waals surface area contributed by atoms with Gasteiger partial charge in [-0.3, -0.25) is 4.55 Å². The van der Waals surface area contributed by atoms with E-state index in [1.165, 1.54) is 12.1 Å². The second-order valence-electron chi connectivity index (χ2n) is 5.59. The quantitative estimate of drug-likeness (QED) is 0.344. The number of azo groups is 1. The molecule has 0 aliphatic heterocycles. The first kappa shape index (κ1) is 22.1. The molecular formula is C18H15CaClN2O4S. The van der Waals surface area contributed by atoms with Crippen molar-refractivity contribution in [2.24, 2.45) is 10.2 Å². The Bertz CT molecular complexity index is 1130. The third kappa shape index (κ3) is 4.80. The van der Waals surface area contributed by atoms with Crippen molar-refractivity contribution in [3.05, 3.63) is 59.1 Å². The number of hydrogen-bond acceptors (Lipinski definition) is 5. The third-order valence-corrected chi connectivity index (χ3v) is 5.16. The van der Waals surface area contributed by atoms with Gasteiger partial charge < -0.3 is 5.11 Å². The molecule has 0 saturated carbocycles. The normalized spacial score (nSPS) is 11.7. The molecule has 2 N–H and O–H groups in total. The standard InChI is InChI=1S/C18H15ClN2O4S.Ca/c1-2-11-9-15(17(10-14(11)19)26(23,24)25)20-21-18-13-6-4-3-5-12(13)7-8-16(18)22;/h3-10,22H,2H2,1H3,(H,23,24,25);. The van der Waals surface area contributed by atoms with Crippen molar-refractivity contribution in [2.75, 3.05) is 0 Å². The molecule has 0 atom stereocenters. The number of nitrogens with zero attached hydrogens (tertiary/aromatic N) is 2. The number of benzene rings is 3. The second-order valence-corrected chi connectivity index (χ2v) is 7.39. The Labute approximate surface area is 191 Å². The number of rotatable bonds is 4. The van der Waals surface area contributed by atoms with E-state index in [2.05, 4.69) is 10.2 Å². The second kappa shape index (κ2) is 8.85. The molecule has 2 radical (unpaired) electrons. The van der Waals surface area contributed by atoms with E-state index in [0.29, 0.717) is 17.4 Å². The maximum Gasteiger partial charge on any atom is 0.296 e. The van der Waals surface area contributed by atoms with Gasteiger partial charge in [0.25, 0.3) is 10.1 Å². The summed E-state index contributed by atoms with van der Waals surface area (Å²) in [6.07, 6.45) is 0.548. The van der Waals surface area contributed by atoms with Crippen molar-refractivity contribution >= 4 is 81.6 Å². The van der Waals surface area contributed by atoms with E-state index in [4.69, 9.17) is 11.6 Å². The van der Waals surface area contributed by atoms with Gasteiger partial charge in [0.2, 0.25) is 0 Å². The van der Waals surface area contributed by atoms with Gasteiger partial charge in [-0.05, 0) is 35.6 Å². The minimum Gasteiger partial charge on any atom is -0.506 e. The first-order valence-electron chi connectivity index (χ1n) is 7.73. The van der Waals surface area contributed by atoms with Crippen LogP contribution < -0.4 is 0 Å². The molecule has 0 unspecified atom stereocenters. The van der Waals surface area contributed by atoms with Crippen LogP contribution in [0.1, 0.15) is 12.5 Å². The van der Waals surface area contributed by atoms with Crippen LogP contribution in [0.3, 0.4) is 0 Å². The Hall–Kier alpha value is -1.22. The van der Waals surface area contributed by atoms with E-state index in [1.54, 1.807) is 18.2 Å². The molecule has 3 aromatic rings. The first-order valence-corrected chi connectivity index (χ1v) is 9.55. The van der Waals surface area contributed by atoms with E-state index in [1.807, 2.05) is 19.1 Å². The van der Waals surface area contributed by atoms with Crippen LogP contribution in [0.4, 0.5) is 11.4 Å². The third-order valence-electron chi connectivity index (χ3n) is 3.92. The van der Waals surface area contributed by atoms with Gasteiger partial charge in [-0.25, -0.2) is 0 Å². The minimum absolute atomic E-state index is 0. The van der Waals surface area contributed by atoms with Crippen LogP contribution in [0.5, 0.6) is 5.75 Å². The first-order chi connectivity index (χ1) is 12.3. The Morgan fingerprint density at radius 3 is 2.44 bits per heavy atom. The summed E-state index contributed by atoms with van der Waals surface area (Å²) in [7, 11) is -4.54. The van der Waals surface area contributed by atoms with Crippen LogP contribution in [0.25, 0.3) is 10.8 Å². The Kier molecular flexibility index (Phi) is 7.24. The van der Waals surface area contributed by atoms with E-state index in [-0.39, 0.29) is 59.9 Å². The molecule has 0 aromatic heterocycles. The van der Waals surface area contributed by atoms with Crippen molar-refractivity contribution in [1.29, 1.82) is 0 Å². The predicted octanol–water partition coefficient (Wildman–Crippen LogP) is 5.04. The number of phenolic OH excluding ortho intramolecular Hbond substituents is 1. The van der Waals surface area contributed by atoms with Crippen molar-refractivity contribution in [2.45, 2.75) is 18.2 Å². The summed E-state index contributed by atoms with van der Waals surface area (Å²) < 4.78 is 32.7. The summed E-state index contributed by atoms with van der Waals surface area (Å²) in [5.74, 6) is -0.0921. The van der Waals surface area contributed by atoms with Crippen molar-refractivity contribution in [3.8, 4) is 5.75 Å². The van der Waals surface area contributed by atoms with Gasteiger partial charge in [-0.2, -0.15) is 8.42 Å². The molecule has 0 aliphatic rings. The zero-order chi connectivity index (χ0) is 18.9. The fourth-order valence-corrected chi connectivity index (χ4v) is 3.59. The molecule has 3 rings (SSSR count). The largest absolute Gasteiger partial charge is 0.506 e. The average molecular weight is 431 g/mol. The van der Waals surface area contributed by atoms with E-state index in [0.717, 1.165) is 11.5 Å². The number of phenols is 1. The molecule has 0 heterocycles. The van der Waals surface area contributed by atoms with Crippen LogP contribution in [-0.2, 0) is 16.5 Å². The zero-order valence-electron chi connectivity index (χ0n) is 14.4. The van der Waals surface area contributed by atoms with Gasteiger partial charge in [-0.1, -0.05) is 48.9 Å². The molecule has 3 aromatic carbocycles. The maximum absolute atomic E-state index is 11.6. The molecule has 0 saturated heterocycles. The summed E-state index contributed by atoms with van der Waals surface area (Å²) in [6, 6.07) is 13.1. The molecule has 0 aliphatic carbocycles. The van der Waals surface area contributed by atoms with Crippen LogP contribution in [0.2, 0.25) is 5.02 Å². The molecule has 136 valence electrons. The SMILES string of the molecule is CCc1cc(N=Nc2c(O)ccc3ccccc23)c(S(=O)(=O)O)cc1Cl.[Ca]. The molecule has 0 spiro atoms. The summed E-state index contributed by atoms with van der Waals surface area (Å²) in [4.78, 5) is -0.442. The Balaban J connectivity index is 0.00000261. The van der Waals surface area contributed by atoms with Gasteiger partial charge >= 0.3 is 0 Å². The van der Waals surface area contributed by atoms with Crippen molar-refractivity contribution in [1.82, 2.24) is 0 Å². The molecule has 6 nitrogen and oxygen atoms in total. The Morgan fingerprint density at radius 2 is 1.78 bits per heavy atom. The summed E-state index contributed by atoms with van der Waals surface area (Å²) in [6.45, 7) is 1.85. The van der Waals surface area contributed by atoms with Gasteiger partial charge in [0, 0.05) is 48.1 Å². The number of aromatic hydroxyl groups is 1. The summed E-state index contributed by atoms with van der Waals surface area (Å²) in [5, 5.41) is 19.9. The molecule has 9 heteroatoms. The molecule has 0 bridgehead atoms. The smallest absolute Gasteiger partial charge is 0.296 e. The summed E-state index contributed by atoms with van der Waals surface area (Å²) in [5.41, 5.74) is 0.814. The van der Waals surface area contributed by atoms with Gasteiger partial charge in [0.05, 0.1) is 0 Å². The fourth-order valence-electron chi connectivity index (χ4n) is 2.60. The molecular weight excluding hydrogens is 416 g/mol. The number of hydrogen-bond donors (Lipinski definition) is 2. The van der Waals surface area contributed by atoms with Crippen LogP contribution in [0, 0.1) is 0 Å². The molecule has 0 fully saturated rings. The number of halogens is 1. The minimum atomic E-state index is -4.54. The number of fused-ring (bicyclic) bond motifs is 1. The van der Waals surface area contributed by atoms with Gasteiger partial charge in [-0.15, -0.1) is 10.2 Å². The Morgan fingerprint density at radius 1 is 1.07 bits per heavy atom. The van der Waals surface area contributed by atoms with E-state index >= 15 is 0 Å². The van der Waals surface area contributed by atoms with Crippen LogP contribution in [-0.4, -0.2) is 55.8 Å². The summed E-state index contributed by atoms with van der Waals surface area (Å²) >= 11 is 6.04. The molecule has 27 heavy (non-hydrogen) atoms. The van der Waals surface area contributed by atoms with E-state index in [9.17, 15) is 18.1 Å². The van der Waals surface area contributed by atoms with Crippen molar-refractivity contribution < 1.29 is 18.1 Å². The van der Waals surface area contributed by atoms with Crippen LogP contribution in [0.15, 0.2) is 63.7 Å². The van der Waals surface area contributed by atoms with Crippen LogP contribution >= 0.6 is 11.6 Å². The van der Waals surface area contributed by atoms with Gasteiger partial charge in [0.15, 0.2) is 0 Å². The van der Waals surface area contributed by atoms with Gasteiger partial charge in [0.1, 0.15) is 22.0 Å². The topological polar surface area (TPSA) is 99.3 Å². The fraction of sp³-hybridized carbons (Fsp3) is 0.111. The molecule has 0 amide bonds. The number of aryl methyl sites for hydroxylation is 1. The monoisotopic (exact) mass is 430 g/mol. The average Bonchev–Trinajstić information content (AvgIpc) is 2.60. The van der Waals surface area contributed by atoms with Crippen molar-refractivity contribution in [3.63, 3.8) is 0 Å². The maximum atomic E-state index is 11.6.